The van der Waals surface area contributed by atoms with Gasteiger partial charge in [-0.1, -0.05) is 18.9 Å². The van der Waals surface area contributed by atoms with Crippen LogP contribution < -0.4 is 10.6 Å². The minimum absolute atomic E-state index is 0.411. The molecule has 0 bridgehead atoms. The zero-order chi connectivity index (χ0) is 16.2. The molecule has 22 heavy (non-hydrogen) atoms. The van der Waals surface area contributed by atoms with Crippen molar-refractivity contribution in [3.8, 4) is 0 Å². The van der Waals surface area contributed by atoms with Gasteiger partial charge in [0.2, 0.25) is 0 Å². The van der Waals surface area contributed by atoms with Crippen molar-refractivity contribution >= 4 is 6.03 Å². The average molecular weight is 315 g/mol. The van der Waals surface area contributed by atoms with Crippen molar-refractivity contribution in [1.82, 2.24) is 15.6 Å². The van der Waals surface area contributed by atoms with E-state index in [1.165, 1.54) is 0 Å². The van der Waals surface area contributed by atoms with Gasteiger partial charge in [0.25, 0.3) is 0 Å². The molecule has 2 rings (SSSR count). The lowest BCUT2D eigenvalue weighted by atomic mass is 9.98. The van der Waals surface area contributed by atoms with Gasteiger partial charge in [0.15, 0.2) is 0 Å². The largest absolute Gasteiger partial charge is 0.408 e. The summed E-state index contributed by atoms with van der Waals surface area (Å²) in [6.45, 7) is 1.70. The number of amides is 2. The minimum Gasteiger partial charge on any atom is -0.332 e. The molecule has 1 saturated carbocycles. The van der Waals surface area contributed by atoms with Gasteiger partial charge >= 0.3 is 12.2 Å². The number of halogens is 3. The average Bonchev–Trinajstić information content (AvgIpc) is 2.98. The highest BCUT2D eigenvalue weighted by Gasteiger charge is 2.46. The van der Waals surface area contributed by atoms with Crippen molar-refractivity contribution in [3.63, 3.8) is 0 Å². The van der Waals surface area contributed by atoms with Gasteiger partial charge in [-0.15, -0.1) is 0 Å². The van der Waals surface area contributed by atoms with Crippen LogP contribution in [0.1, 0.15) is 44.2 Å². The van der Waals surface area contributed by atoms with E-state index in [-0.39, 0.29) is 0 Å². The Balaban J connectivity index is 1.96. The van der Waals surface area contributed by atoms with E-state index in [0.717, 1.165) is 18.4 Å². The maximum atomic E-state index is 13.1. The molecule has 1 heterocycles. The molecule has 1 aliphatic rings. The van der Waals surface area contributed by atoms with E-state index < -0.39 is 30.2 Å². The molecule has 0 radical (unpaired) electrons. The molecular formula is C15H20F3N3O. The number of nitrogens with one attached hydrogen (secondary N) is 2. The summed E-state index contributed by atoms with van der Waals surface area (Å²) in [4.78, 5) is 15.8. The lowest BCUT2D eigenvalue weighted by molar-refractivity contribution is -0.164. The van der Waals surface area contributed by atoms with Crippen molar-refractivity contribution in [2.75, 3.05) is 0 Å². The molecule has 4 nitrogen and oxygen atoms in total. The van der Waals surface area contributed by atoms with Gasteiger partial charge < -0.3 is 10.6 Å². The molecular weight excluding hydrogens is 295 g/mol. The smallest absolute Gasteiger partial charge is 0.332 e. The summed E-state index contributed by atoms with van der Waals surface area (Å²) < 4.78 is 39.4. The quantitative estimate of drug-likeness (QED) is 0.892. The number of urea groups is 1. The third-order valence-corrected chi connectivity index (χ3v) is 4.04. The van der Waals surface area contributed by atoms with Crippen molar-refractivity contribution in [3.05, 3.63) is 30.1 Å². The maximum absolute atomic E-state index is 13.1. The van der Waals surface area contributed by atoms with Crippen LogP contribution in [0.2, 0.25) is 0 Å². The summed E-state index contributed by atoms with van der Waals surface area (Å²) in [6, 6.07) is 0.478. The Hall–Kier alpha value is -1.79. The molecule has 122 valence electrons. The number of aromatic nitrogens is 1. The van der Waals surface area contributed by atoms with E-state index in [2.05, 4.69) is 15.6 Å². The third-order valence-electron chi connectivity index (χ3n) is 4.04. The van der Waals surface area contributed by atoms with Crippen LogP contribution in [-0.2, 0) is 0 Å². The van der Waals surface area contributed by atoms with Gasteiger partial charge in [0, 0.05) is 12.4 Å². The van der Waals surface area contributed by atoms with Crippen molar-refractivity contribution < 1.29 is 18.0 Å². The number of hydrogen-bond donors (Lipinski definition) is 2. The second kappa shape index (κ2) is 6.98. The Morgan fingerprint density at radius 3 is 2.55 bits per heavy atom. The lowest BCUT2D eigenvalue weighted by Crippen LogP contribution is -2.52. The minimum atomic E-state index is -4.43. The van der Waals surface area contributed by atoms with Crippen LogP contribution in [0.3, 0.4) is 0 Å². The maximum Gasteiger partial charge on any atom is 0.408 e. The molecule has 0 spiro atoms. The van der Waals surface area contributed by atoms with Crippen LogP contribution in [0.15, 0.2) is 24.5 Å². The highest BCUT2D eigenvalue weighted by molar-refractivity contribution is 5.74. The normalized spacial score (nSPS) is 18.7. The molecule has 1 aromatic heterocycles. The fraction of sp³-hybridized carbons (Fsp3) is 0.600. The van der Waals surface area contributed by atoms with E-state index in [1.807, 2.05) is 0 Å². The van der Waals surface area contributed by atoms with Gasteiger partial charge in [-0.25, -0.2) is 4.79 Å². The molecule has 0 aromatic carbocycles. The summed E-state index contributed by atoms with van der Waals surface area (Å²) in [5.41, 5.74) is 0.738. The van der Waals surface area contributed by atoms with E-state index in [1.54, 1.807) is 31.5 Å². The highest BCUT2D eigenvalue weighted by Crippen LogP contribution is 2.35. The fourth-order valence-corrected chi connectivity index (χ4v) is 2.85. The van der Waals surface area contributed by atoms with Crippen LogP contribution in [0.25, 0.3) is 0 Å². The number of pyridine rings is 1. The SMILES string of the molecule is CC(NC(=O)NC(C1CCCC1)C(F)(F)F)c1cccnc1. The molecule has 1 aromatic rings. The molecule has 7 heteroatoms. The molecule has 2 N–H and O–H groups in total. The molecule has 2 atom stereocenters. The second-order valence-corrected chi connectivity index (χ2v) is 5.69. The number of carbonyl (C=O) groups excluding carboxylic acids is 1. The first-order chi connectivity index (χ1) is 10.4. The summed E-state index contributed by atoms with van der Waals surface area (Å²) in [5.74, 6) is -0.528. The molecule has 0 aliphatic heterocycles. The van der Waals surface area contributed by atoms with Gasteiger partial charge in [-0.3, -0.25) is 4.98 Å². The first kappa shape index (κ1) is 16.6. The van der Waals surface area contributed by atoms with Crippen LogP contribution in [0, 0.1) is 5.92 Å². The van der Waals surface area contributed by atoms with Gasteiger partial charge in [0.05, 0.1) is 6.04 Å². The lowest BCUT2D eigenvalue weighted by Gasteiger charge is -2.27. The first-order valence-corrected chi connectivity index (χ1v) is 7.41. The number of rotatable bonds is 4. The second-order valence-electron chi connectivity index (χ2n) is 5.69. The van der Waals surface area contributed by atoms with Crippen LogP contribution >= 0.6 is 0 Å². The summed E-state index contributed by atoms with van der Waals surface area (Å²) >= 11 is 0. The summed E-state index contributed by atoms with van der Waals surface area (Å²) in [6.07, 6.45) is 1.31. The Kier molecular flexibility index (Phi) is 5.26. The standard InChI is InChI=1S/C15H20F3N3O/c1-10(12-7-4-8-19-9-12)20-14(22)21-13(15(16,17)18)11-5-2-3-6-11/h4,7-11,13H,2-3,5-6H2,1H3,(H2,20,21,22). The van der Waals surface area contributed by atoms with Gasteiger partial charge in [-0.05, 0) is 37.3 Å². The molecule has 2 amide bonds. The number of carbonyl (C=O) groups is 1. The molecule has 1 fully saturated rings. The zero-order valence-electron chi connectivity index (χ0n) is 12.4. The van der Waals surface area contributed by atoms with Gasteiger partial charge in [0.1, 0.15) is 6.04 Å². The third kappa shape index (κ3) is 4.35. The first-order valence-electron chi connectivity index (χ1n) is 7.41. The molecule has 2 unspecified atom stereocenters. The van der Waals surface area contributed by atoms with Crippen LogP contribution in [-0.4, -0.2) is 23.2 Å². The Morgan fingerprint density at radius 1 is 1.32 bits per heavy atom. The predicted molar refractivity (Wildman–Crippen MR) is 76.1 cm³/mol. The number of nitrogens with zero attached hydrogens (tertiary/aromatic N) is 1. The van der Waals surface area contributed by atoms with Crippen molar-refractivity contribution in [2.45, 2.75) is 50.9 Å². The number of alkyl halides is 3. The Bertz CT molecular complexity index is 487. The Morgan fingerprint density at radius 2 is 2.00 bits per heavy atom. The Labute approximate surface area is 127 Å². The fourth-order valence-electron chi connectivity index (χ4n) is 2.85. The topological polar surface area (TPSA) is 54.0 Å². The van der Waals surface area contributed by atoms with E-state index in [4.69, 9.17) is 0 Å². The summed E-state index contributed by atoms with van der Waals surface area (Å²) in [5, 5.41) is 4.64. The zero-order valence-corrected chi connectivity index (χ0v) is 12.4. The van der Waals surface area contributed by atoms with Crippen LogP contribution in [0.5, 0.6) is 0 Å². The monoisotopic (exact) mass is 315 g/mol. The predicted octanol–water partition coefficient (Wildman–Crippen LogP) is 3.56. The van der Waals surface area contributed by atoms with E-state index >= 15 is 0 Å². The van der Waals surface area contributed by atoms with Crippen molar-refractivity contribution in [2.24, 2.45) is 5.92 Å². The molecule has 1 aliphatic carbocycles. The summed E-state index contributed by atoms with van der Waals surface area (Å²) in [7, 11) is 0. The highest BCUT2D eigenvalue weighted by atomic mass is 19.4. The molecule has 0 saturated heterocycles. The van der Waals surface area contributed by atoms with Crippen LogP contribution in [0.4, 0.5) is 18.0 Å². The van der Waals surface area contributed by atoms with Gasteiger partial charge in [-0.2, -0.15) is 13.2 Å². The van der Waals surface area contributed by atoms with E-state index in [0.29, 0.717) is 12.8 Å². The van der Waals surface area contributed by atoms with E-state index in [9.17, 15) is 18.0 Å². The van der Waals surface area contributed by atoms with Crippen molar-refractivity contribution in [1.29, 1.82) is 0 Å². The number of hydrogen-bond acceptors (Lipinski definition) is 2.